The Bertz CT molecular complexity index is 197. The van der Waals surface area contributed by atoms with Crippen LogP contribution < -0.4 is 0 Å². The Morgan fingerprint density at radius 3 is 1.76 bits per heavy atom. The highest BCUT2D eigenvalue weighted by Gasteiger charge is 2.06. The van der Waals surface area contributed by atoms with Crippen molar-refractivity contribution in [2.24, 2.45) is 5.92 Å². The van der Waals surface area contributed by atoms with Gasteiger partial charge in [-0.3, -0.25) is 4.79 Å². The summed E-state index contributed by atoms with van der Waals surface area (Å²) in [4.78, 5) is 21.2. The lowest BCUT2D eigenvalue weighted by Gasteiger charge is -2.07. The van der Waals surface area contributed by atoms with Gasteiger partial charge in [-0.15, -0.1) is 0 Å². The largest absolute Gasteiger partial charge is 0.300 e. The molecule has 0 saturated carbocycles. The van der Waals surface area contributed by atoms with Crippen molar-refractivity contribution in [2.75, 3.05) is 0 Å². The zero-order valence-corrected chi connectivity index (χ0v) is 12.3. The zero-order valence-electron chi connectivity index (χ0n) is 12.3. The van der Waals surface area contributed by atoms with Crippen molar-refractivity contribution in [3.8, 4) is 0 Å². The molecule has 0 amide bonds. The molecule has 0 saturated heterocycles. The highest BCUT2D eigenvalue weighted by Crippen LogP contribution is 2.11. The molecule has 0 aromatic carbocycles. The molecule has 17 heavy (non-hydrogen) atoms. The minimum atomic E-state index is 0.289. The number of ketones is 2. The second-order valence-electron chi connectivity index (χ2n) is 4.84. The summed E-state index contributed by atoms with van der Waals surface area (Å²) in [6.07, 6.45) is 6.67. The maximum absolute atomic E-state index is 11.1. The lowest BCUT2D eigenvalue weighted by Crippen LogP contribution is -2.04. The summed E-state index contributed by atoms with van der Waals surface area (Å²) in [7, 11) is 0. The quantitative estimate of drug-likeness (QED) is 0.625. The molecule has 2 heteroatoms. The molecule has 0 spiro atoms. The van der Waals surface area contributed by atoms with Gasteiger partial charge in [0.15, 0.2) is 0 Å². The first-order chi connectivity index (χ1) is 7.97. The SMILES string of the molecule is CCCC(=O)CC(C)CCC.CCCC(C)=O. The molecule has 0 heterocycles. The topological polar surface area (TPSA) is 34.1 Å². The fourth-order valence-electron chi connectivity index (χ4n) is 1.72. The molecule has 0 rings (SSSR count). The van der Waals surface area contributed by atoms with E-state index in [-0.39, 0.29) is 5.78 Å². The van der Waals surface area contributed by atoms with Crippen LogP contribution in [-0.4, -0.2) is 11.6 Å². The van der Waals surface area contributed by atoms with Gasteiger partial charge in [0, 0.05) is 19.3 Å². The monoisotopic (exact) mass is 242 g/mol. The van der Waals surface area contributed by atoms with Crippen LogP contribution in [0.4, 0.5) is 0 Å². The van der Waals surface area contributed by atoms with Crippen LogP contribution in [0.25, 0.3) is 0 Å². The van der Waals surface area contributed by atoms with Gasteiger partial charge in [-0.2, -0.15) is 0 Å². The molecule has 0 N–H and O–H groups in total. The Balaban J connectivity index is 0. The van der Waals surface area contributed by atoms with Crippen molar-refractivity contribution >= 4 is 11.6 Å². The fraction of sp³-hybridized carbons (Fsp3) is 0.867. The van der Waals surface area contributed by atoms with Gasteiger partial charge in [0.2, 0.25) is 0 Å². The Kier molecular flexibility index (Phi) is 14.7. The normalized spacial score (nSPS) is 11.4. The van der Waals surface area contributed by atoms with E-state index in [4.69, 9.17) is 0 Å². The lowest BCUT2D eigenvalue weighted by atomic mass is 9.98. The number of carbonyl (C=O) groups is 2. The second kappa shape index (κ2) is 13.4. The van der Waals surface area contributed by atoms with Gasteiger partial charge in [-0.1, -0.05) is 40.5 Å². The molecule has 0 aliphatic rings. The summed E-state index contributed by atoms with van der Waals surface area (Å²) in [6, 6.07) is 0. The minimum absolute atomic E-state index is 0.289. The highest BCUT2D eigenvalue weighted by atomic mass is 16.1. The molecule has 0 aromatic rings. The van der Waals surface area contributed by atoms with Crippen molar-refractivity contribution < 1.29 is 9.59 Å². The van der Waals surface area contributed by atoms with Crippen molar-refractivity contribution in [3.05, 3.63) is 0 Å². The van der Waals surface area contributed by atoms with Crippen molar-refractivity contribution in [1.29, 1.82) is 0 Å². The molecule has 1 atom stereocenters. The summed E-state index contributed by atoms with van der Waals surface area (Å²) in [5.74, 6) is 1.32. The van der Waals surface area contributed by atoms with E-state index < -0.39 is 0 Å². The van der Waals surface area contributed by atoms with Crippen LogP contribution in [0, 0.1) is 5.92 Å². The third-order valence-electron chi connectivity index (χ3n) is 2.49. The molecule has 0 aliphatic heterocycles. The van der Waals surface area contributed by atoms with E-state index in [1.54, 1.807) is 6.92 Å². The standard InChI is InChI=1S/C10H20O.C5H10O/c1-4-6-9(3)8-10(11)7-5-2;1-3-4-5(2)6/h9H,4-8H2,1-3H3;3-4H2,1-2H3. The lowest BCUT2D eigenvalue weighted by molar-refractivity contribution is -0.120. The molecule has 0 aliphatic carbocycles. The first kappa shape index (κ1) is 18.7. The molecule has 0 bridgehead atoms. The Labute approximate surface area is 107 Å². The van der Waals surface area contributed by atoms with Gasteiger partial charge in [0.25, 0.3) is 0 Å². The van der Waals surface area contributed by atoms with Crippen LogP contribution in [0.3, 0.4) is 0 Å². The van der Waals surface area contributed by atoms with E-state index in [2.05, 4.69) is 20.8 Å². The van der Waals surface area contributed by atoms with Gasteiger partial charge in [0.1, 0.15) is 11.6 Å². The third kappa shape index (κ3) is 17.9. The van der Waals surface area contributed by atoms with E-state index >= 15 is 0 Å². The summed E-state index contributed by atoms with van der Waals surface area (Å²) in [5.41, 5.74) is 0. The highest BCUT2D eigenvalue weighted by molar-refractivity contribution is 5.78. The summed E-state index contributed by atoms with van der Waals surface area (Å²) in [6.45, 7) is 10.0. The maximum Gasteiger partial charge on any atom is 0.133 e. The fourth-order valence-corrected chi connectivity index (χ4v) is 1.72. The molecular weight excluding hydrogens is 212 g/mol. The van der Waals surface area contributed by atoms with Crippen molar-refractivity contribution in [1.82, 2.24) is 0 Å². The Morgan fingerprint density at radius 1 is 0.941 bits per heavy atom. The van der Waals surface area contributed by atoms with Gasteiger partial charge in [-0.05, 0) is 25.7 Å². The molecule has 1 unspecified atom stereocenters. The van der Waals surface area contributed by atoms with Crippen LogP contribution in [-0.2, 0) is 9.59 Å². The van der Waals surface area contributed by atoms with Gasteiger partial charge >= 0.3 is 0 Å². The third-order valence-corrected chi connectivity index (χ3v) is 2.49. The molecule has 0 fully saturated rings. The number of hydrogen-bond acceptors (Lipinski definition) is 2. The molecule has 0 aromatic heterocycles. The first-order valence-corrected chi connectivity index (χ1v) is 6.98. The van der Waals surface area contributed by atoms with Gasteiger partial charge in [-0.25, -0.2) is 0 Å². The maximum atomic E-state index is 11.1. The second-order valence-corrected chi connectivity index (χ2v) is 4.84. The van der Waals surface area contributed by atoms with Crippen LogP contribution >= 0.6 is 0 Å². The molecule has 2 nitrogen and oxygen atoms in total. The number of Topliss-reactive ketones (excluding diaryl/α,β-unsaturated/α-hetero) is 2. The van der Waals surface area contributed by atoms with Crippen molar-refractivity contribution in [2.45, 2.75) is 79.6 Å². The minimum Gasteiger partial charge on any atom is -0.300 e. The number of rotatable bonds is 8. The summed E-state index contributed by atoms with van der Waals surface area (Å²) >= 11 is 0. The number of hydrogen-bond donors (Lipinski definition) is 0. The van der Waals surface area contributed by atoms with Gasteiger partial charge < -0.3 is 4.79 Å². The predicted octanol–water partition coefficient (Wildman–Crippen LogP) is 4.56. The van der Waals surface area contributed by atoms with Crippen LogP contribution in [0.1, 0.15) is 79.6 Å². The Hall–Kier alpha value is -0.660. The van der Waals surface area contributed by atoms with E-state index in [1.165, 1.54) is 12.8 Å². The summed E-state index contributed by atoms with van der Waals surface area (Å²) in [5, 5.41) is 0. The first-order valence-electron chi connectivity index (χ1n) is 6.98. The summed E-state index contributed by atoms with van der Waals surface area (Å²) < 4.78 is 0. The van der Waals surface area contributed by atoms with Crippen LogP contribution in [0.15, 0.2) is 0 Å². The van der Waals surface area contributed by atoms with E-state index in [0.717, 1.165) is 32.1 Å². The van der Waals surface area contributed by atoms with E-state index in [0.29, 0.717) is 11.7 Å². The van der Waals surface area contributed by atoms with E-state index in [1.807, 2.05) is 6.92 Å². The molecule has 102 valence electrons. The molecular formula is C15H30O2. The Morgan fingerprint density at radius 2 is 1.47 bits per heavy atom. The number of carbonyl (C=O) groups excluding carboxylic acids is 2. The van der Waals surface area contributed by atoms with Crippen LogP contribution in [0.2, 0.25) is 0 Å². The average Bonchev–Trinajstić information content (AvgIpc) is 2.18. The van der Waals surface area contributed by atoms with Crippen LogP contribution in [0.5, 0.6) is 0 Å². The van der Waals surface area contributed by atoms with Crippen molar-refractivity contribution in [3.63, 3.8) is 0 Å². The average molecular weight is 242 g/mol. The molecule has 0 radical (unpaired) electrons. The van der Waals surface area contributed by atoms with Gasteiger partial charge in [0.05, 0.1) is 0 Å². The predicted molar refractivity (Wildman–Crippen MR) is 74.2 cm³/mol. The zero-order chi connectivity index (χ0) is 13.7. The van der Waals surface area contributed by atoms with E-state index in [9.17, 15) is 9.59 Å². The smallest absolute Gasteiger partial charge is 0.133 e.